The highest BCUT2D eigenvalue weighted by Crippen LogP contribution is 2.12. The Kier molecular flexibility index (Phi) is 4.78. The predicted molar refractivity (Wildman–Crippen MR) is 75.0 cm³/mol. The van der Waals surface area contributed by atoms with Crippen molar-refractivity contribution in [2.24, 2.45) is 0 Å². The molecule has 1 aromatic rings. The molecule has 1 aromatic carbocycles. The van der Waals surface area contributed by atoms with Gasteiger partial charge in [0.2, 0.25) is 5.91 Å². The Balaban J connectivity index is 1.97. The third-order valence-electron chi connectivity index (χ3n) is 3.27. The van der Waals surface area contributed by atoms with Crippen molar-refractivity contribution in [1.82, 2.24) is 4.90 Å². The monoisotopic (exact) mass is 311 g/mol. The van der Waals surface area contributed by atoms with Gasteiger partial charge in [0.05, 0.1) is 19.1 Å². The number of halogens is 1. The predicted octanol–water partition coefficient (Wildman–Crippen LogP) is 2.16. The number of aryl methyl sites for hydroxylation is 1. The minimum Gasteiger partial charge on any atom is -0.374 e. The van der Waals surface area contributed by atoms with Crippen LogP contribution in [0.5, 0.6) is 0 Å². The molecule has 0 aromatic heterocycles. The van der Waals surface area contributed by atoms with Gasteiger partial charge in [-0.05, 0) is 18.1 Å². The highest BCUT2D eigenvalue weighted by Gasteiger charge is 2.23. The third-order valence-corrected chi connectivity index (χ3v) is 3.99. The summed E-state index contributed by atoms with van der Waals surface area (Å²) in [5.41, 5.74) is 2.29. The second kappa shape index (κ2) is 6.34. The number of benzene rings is 1. The molecule has 1 heterocycles. The fraction of sp³-hybridized carbons (Fsp3) is 0.500. The van der Waals surface area contributed by atoms with Crippen molar-refractivity contribution < 1.29 is 9.53 Å². The number of hydrogen-bond donors (Lipinski definition) is 0. The van der Waals surface area contributed by atoms with Gasteiger partial charge >= 0.3 is 0 Å². The zero-order chi connectivity index (χ0) is 13.0. The number of hydrogen-bond acceptors (Lipinski definition) is 2. The van der Waals surface area contributed by atoms with Crippen molar-refractivity contribution in [2.75, 3.05) is 25.0 Å². The fourth-order valence-electron chi connectivity index (χ4n) is 2.12. The Bertz CT molecular complexity index is 422. The van der Waals surface area contributed by atoms with Crippen LogP contribution < -0.4 is 0 Å². The van der Waals surface area contributed by atoms with Crippen LogP contribution in [-0.4, -0.2) is 41.9 Å². The molecule has 1 unspecified atom stereocenters. The lowest BCUT2D eigenvalue weighted by atomic mass is 10.1. The zero-order valence-electron chi connectivity index (χ0n) is 10.6. The van der Waals surface area contributed by atoms with Crippen LogP contribution in [0.4, 0.5) is 0 Å². The number of morpholine rings is 1. The average molecular weight is 312 g/mol. The molecule has 1 aliphatic rings. The van der Waals surface area contributed by atoms with Gasteiger partial charge in [-0.1, -0.05) is 40.2 Å². The highest BCUT2D eigenvalue weighted by molar-refractivity contribution is 9.09. The summed E-state index contributed by atoms with van der Waals surface area (Å²) in [5, 5.41) is 0.779. The van der Waals surface area contributed by atoms with Crippen LogP contribution in [-0.2, 0) is 16.0 Å². The largest absolute Gasteiger partial charge is 0.374 e. The van der Waals surface area contributed by atoms with Crippen LogP contribution in [0.15, 0.2) is 24.3 Å². The first-order valence-electron chi connectivity index (χ1n) is 6.20. The van der Waals surface area contributed by atoms with Crippen molar-refractivity contribution in [3.63, 3.8) is 0 Å². The van der Waals surface area contributed by atoms with E-state index in [1.54, 1.807) is 0 Å². The molecule has 1 atom stereocenters. The maximum absolute atomic E-state index is 12.2. The van der Waals surface area contributed by atoms with Crippen LogP contribution in [0.25, 0.3) is 0 Å². The maximum Gasteiger partial charge on any atom is 0.227 e. The van der Waals surface area contributed by atoms with Gasteiger partial charge in [-0.3, -0.25) is 4.79 Å². The van der Waals surface area contributed by atoms with E-state index in [0.717, 1.165) is 10.9 Å². The van der Waals surface area contributed by atoms with E-state index in [1.165, 1.54) is 5.56 Å². The number of amides is 1. The molecule has 98 valence electrons. The minimum atomic E-state index is 0.125. The topological polar surface area (TPSA) is 29.5 Å². The number of carbonyl (C=O) groups is 1. The molecule has 4 heteroatoms. The molecule has 0 radical (unpaired) electrons. The fourth-order valence-corrected chi connectivity index (χ4v) is 2.51. The Labute approximate surface area is 116 Å². The zero-order valence-corrected chi connectivity index (χ0v) is 12.1. The van der Waals surface area contributed by atoms with Gasteiger partial charge in [0.1, 0.15) is 0 Å². The first kappa shape index (κ1) is 13.6. The van der Waals surface area contributed by atoms with Gasteiger partial charge in [0.15, 0.2) is 0 Å². The van der Waals surface area contributed by atoms with Gasteiger partial charge in [0.25, 0.3) is 0 Å². The van der Waals surface area contributed by atoms with E-state index in [2.05, 4.69) is 15.9 Å². The van der Waals surface area contributed by atoms with Crippen LogP contribution in [0, 0.1) is 6.92 Å². The smallest absolute Gasteiger partial charge is 0.227 e. The van der Waals surface area contributed by atoms with Crippen LogP contribution in [0.2, 0.25) is 0 Å². The standard InChI is InChI=1S/C14H18BrNO2/c1-11-4-2-3-5-12(11)8-14(17)16-6-7-18-13(9-15)10-16/h2-5,13H,6-10H2,1H3. The summed E-state index contributed by atoms with van der Waals surface area (Å²) in [6.07, 6.45) is 0.612. The molecule has 18 heavy (non-hydrogen) atoms. The van der Waals surface area contributed by atoms with Crippen molar-refractivity contribution in [3.05, 3.63) is 35.4 Å². The minimum absolute atomic E-state index is 0.125. The molecule has 1 fully saturated rings. The number of ether oxygens (including phenoxy) is 1. The number of carbonyl (C=O) groups excluding carboxylic acids is 1. The van der Waals surface area contributed by atoms with E-state index in [-0.39, 0.29) is 12.0 Å². The van der Waals surface area contributed by atoms with E-state index in [0.29, 0.717) is 26.1 Å². The molecule has 0 spiro atoms. The lowest BCUT2D eigenvalue weighted by molar-refractivity contribution is -0.137. The van der Waals surface area contributed by atoms with Gasteiger partial charge < -0.3 is 9.64 Å². The van der Waals surface area contributed by atoms with E-state index >= 15 is 0 Å². The third kappa shape index (κ3) is 3.33. The highest BCUT2D eigenvalue weighted by atomic mass is 79.9. The van der Waals surface area contributed by atoms with Crippen LogP contribution in [0.3, 0.4) is 0 Å². The van der Waals surface area contributed by atoms with Crippen LogP contribution in [0.1, 0.15) is 11.1 Å². The maximum atomic E-state index is 12.2. The second-order valence-corrected chi connectivity index (χ2v) is 5.24. The Morgan fingerprint density at radius 2 is 2.28 bits per heavy atom. The van der Waals surface area contributed by atoms with E-state index < -0.39 is 0 Å². The summed E-state index contributed by atoms with van der Waals surface area (Å²) < 4.78 is 5.54. The van der Waals surface area contributed by atoms with Crippen molar-refractivity contribution >= 4 is 21.8 Å². The molecule has 1 aliphatic heterocycles. The van der Waals surface area contributed by atoms with E-state index in [9.17, 15) is 4.79 Å². The summed E-state index contributed by atoms with van der Waals surface area (Å²) in [7, 11) is 0. The molecular formula is C14H18BrNO2. The van der Waals surface area contributed by atoms with E-state index in [1.807, 2.05) is 36.1 Å². The van der Waals surface area contributed by atoms with Gasteiger partial charge in [-0.15, -0.1) is 0 Å². The lowest BCUT2D eigenvalue weighted by Gasteiger charge is -2.32. The molecule has 0 bridgehead atoms. The SMILES string of the molecule is Cc1ccccc1CC(=O)N1CCOC(CBr)C1. The molecule has 0 N–H and O–H groups in total. The lowest BCUT2D eigenvalue weighted by Crippen LogP contribution is -2.46. The molecule has 0 aliphatic carbocycles. The molecule has 1 saturated heterocycles. The molecule has 3 nitrogen and oxygen atoms in total. The van der Waals surface area contributed by atoms with Crippen molar-refractivity contribution in [2.45, 2.75) is 19.4 Å². The molecular weight excluding hydrogens is 294 g/mol. The quantitative estimate of drug-likeness (QED) is 0.801. The Morgan fingerprint density at radius 3 is 3.00 bits per heavy atom. The summed E-state index contributed by atoms with van der Waals surface area (Å²) in [6, 6.07) is 8.05. The Hall–Kier alpha value is -0.870. The molecule has 0 saturated carbocycles. The summed E-state index contributed by atoms with van der Waals surface area (Å²) in [6.45, 7) is 4.07. The summed E-state index contributed by atoms with van der Waals surface area (Å²) >= 11 is 3.40. The van der Waals surface area contributed by atoms with Gasteiger partial charge in [-0.2, -0.15) is 0 Å². The average Bonchev–Trinajstić information content (AvgIpc) is 2.41. The first-order valence-corrected chi connectivity index (χ1v) is 7.32. The second-order valence-electron chi connectivity index (χ2n) is 4.59. The summed E-state index contributed by atoms with van der Waals surface area (Å²) in [4.78, 5) is 14.1. The normalized spacial score (nSPS) is 19.9. The molecule has 1 amide bonds. The number of rotatable bonds is 3. The number of nitrogens with zero attached hydrogens (tertiary/aromatic N) is 1. The van der Waals surface area contributed by atoms with Crippen molar-refractivity contribution in [1.29, 1.82) is 0 Å². The summed E-state index contributed by atoms with van der Waals surface area (Å²) in [5.74, 6) is 0.193. The Morgan fingerprint density at radius 1 is 1.50 bits per heavy atom. The number of alkyl halides is 1. The van der Waals surface area contributed by atoms with E-state index in [4.69, 9.17) is 4.74 Å². The molecule has 2 rings (SSSR count). The van der Waals surface area contributed by atoms with Crippen molar-refractivity contribution in [3.8, 4) is 0 Å². The first-order chi connectivity index (χ1) is 8.70. The van der Waals surface area contributed by atoms with Gasteiger partial charge in [0, 0.05) is 18.4 Å². The van der Waals surface area contributed by atoms with Gasteiger partial charge in [-0.25, -0.2) is 0 Å². The van der Waals surface area contributed by atoms with Crippen LogP contribution >= 0.6 is 15.9 Å².